The van der Waals surface area contributed by atoms with Crippen LogP contribution in [0.3, 0.4) is 0 Å². The van der Waals surface area contributed by atoms with E-state index in [1.54, 1.807) is 0 Å². The van der Waals surface area contributed by atoms with Crippen LogP contribution in [0.4, 0.5) is 5.82 Å². The zero-order valence-corrected chi connectivity index (χ0v) is 13.1. The molecule has 1 heterocycles. The van der Waals surface area contributed by atoms with Crippen LogP contribution in [-0.2, 0) is 16.2 Å². The molecule has 0 aliphatic rings. The molecule has 0 N–H and O–H groups in total. The molecule has 0 saturated carbocycles. The highest BCUT2D eigenvalue weighted by Gasteiger charge is 2.27. The van der Waals surface area contributed by atoms with Crippen molar-refractivity contribution in [1.82, 2.24) is 9.78 Å². The highest BCUT2D eigenvalue weighted by Crippen LogP contribution is 2.19. The first-order valence-electron chi connectivity index (χ1n) is 6.12. The monoisotopic (exact) mass is 301 g/mol. The second-order valence-corrected chi connectivity index (χ2v) is 11.1. The van der Waals surface area contributed by atoms with Crippen molar-refractivity contribution in [3.63, 3.8) is 0 Å². The average Bonchev–Trinajstić information content (AvgIpc) is 2.76. The van der Waals surface area contributed by atoms with Gasteiger partial charge in [-0.25, -0.2) is 4.79 Å². The Bertz CT molecular complexity index is 495. The molecule has 0 spiro atoms. The molecule has 0 aliphatic carbocycles. The zero-order chi connectivity index (χ0) is 15.3. The van der Waals surface area contributed by atoms with E-state index < -0.39 is 24.8 Å². The number of hydrogen-bond acceptors (Lipinski definition) is 6. The van der Waals surface area contributed by atoms with Crippen LogP contribution < -0.4 is 0 Å². The first-order valence-corrected chi connectivity index (χ1v) is 9.83. The fraction of sp³-hybridized carbons (Fsp3) is 0.636. The Kier molecular flexibility index (Phi) is 5.40. The number of aromatic nitrogens is 2. The quantitative estimate of drug-likeness (QED) is 0.251. The Balaban J connectivity index is 2.73. The lowest BCUT2D eigenvalue weighted by Crippen LogP contribution is -2.22. The Morgan fingerprint density at radius 2 is 2.15 bits per heavy atom. The minimum absolute atomic E-state index is 0.0578. The molecule has 0 amide bonds. The summed E-state index contributed by atoms with van der Waals surface area (Å²) in [6, 6.07) is 0.950. The van der Waals surface area contributed by atoms with Crippen molar-refractivity contribution in [2.24, 2.45) is 0 Å². The van der Waals surface area contributed by atoms with Crippen molar-refractivity contribution < 1.29 is 19.2 Å². The summed E-state index contributed by atoms with van der Waals surface area (Å²) in [7, 11) is -0.0514. The molecular formula is C11H19N3O5Si. The molecule has 0 bridgehead atoms. The van der Waals surface area contributed by atoms with Gasteiger partial charge in [-0.1, -0.05) is 24.7 Å². The van der Waals surface area contributed by atoms with Gasteiger partial charge in [-0.2, -0.15) is 0 Å². The van der Waals surface area contributed by atoms with Crippen LogP contribution in [0, 0.1) is 10.1 Å². The van der Waals surface area contributed by atoms with E-state index in [0.29, 0.717) is 6.61 Å². The first-order chi connectivity index (χ1) is 9.26. The van der Waals surface area contributed by atoms with Crippen LogP contribution in [0.1, 0.15) is 10.4 Å². The third-order valence-corrected chi connectivity index (χ3v) is 4.30. The molecule has 1 rings (SSSR count). The number of nitrogens with zero attached hydrogens (tertiary/aromatic N) is 3. The lowest BCUT2D eigenvalue weighted by atomic mass is 10.3. The summed E-state index contributed by atoms with van der Waals surface area (Å²) >= 11 is 0. The second kappa shape index (κ2) is 6.62. The van der Waals surface area contributed by atoms with E-state index in [0.717, 1.165) is 24.0 Å². The van der Waals surface area contributed by atoms with Gasteiger partial charge in [0.25, 0.3) is 0 Å². The molecular weight excluding hydrogens is 282 g/mol. The summed E-state index contributed by atoms with van der Waals surface area (Å²) < 4.78 is 10.9. The number of carbonyl (C=O) groups excluding carboxylic acids is 1. The van der Waals surface area contributed by atoms with Crippen LogP contribution in [0.5, 0.6) is 0 Å². The molecule has 9 heteroatoms. The van der Waals surface area contributed by atoms with E-state index in [1.807, 2.05) is 0 Å². The molecule has 0 fully saturated rings. The molecule has 0 saturated heterocycles. The molecule has 0 aliphatic heterocycles. The maximum atomic E-state index is 11.4. The molecule has 8 nitrogen and oxygen atoms in total. The van der Waals surface area contributed by atoms with Crippen molar-refractivity contribution in [1.29, 1.82) is 0 Å². The molecule has 0 atom stereocenters. The zero-order valence-electron chi connectivity index (χ0n) is 12.1. The number of rotatable bonds is 7. The fourth-order valence-electron chi connectivity index (χ4n) is 1.45. The Hall–Kier alpha value is -1.74. The summed E-state index contributed by atoms with van der Waals surface area (Å²) in [4.78, 5) is 21.7. The summed E-state index contributed by atoms with van der Waals surface area (Å²) in [5, 5.41) is 14.8. The molecule has 0 radical (unpaired) electrons. The van der Waals surface area contributed by atoms with E-state index in [4.69, 9.17) is 4.74 Å². The van der Waals surface area contributed by atoms with Gasteiger partial charge in [0.1, 0.15) is 0 Å². The first kappa shape index (κ1) is 16.3. The average molecular weight is 301 g/mol. The summed E-state index contributed by atoms with van der Waals surface area (Å²) in [6.07, 6.45) is 1.12. The third kappa shape index (κ3) is 4.42. The second-order valence-electron chi connectivity index (χ2n) is 5.48. The van der Waals surface area contributed by atoms with Crippen molar-refractivity contribution in [2.45, 2.75) is 32.4 Å². The van der Waals surface area contributed by atoms with Crippen molar-refractivity contribution >= 4 is 19.9 Å². The number of methoxy groups -OCH3 is 1. The minimum atomic E-state index is -1.21. The lowest BCUT2D eigenvalue weighted by molar-refractivity contribution is -0.394. The number of nitro groups is 1. The van der Waals surface area contributed by atoms with Crippen LogP contribution in [0.25, 0.3) is 0 Å². The van der Waals surface area contributed by atoms with Crippen LogP contribution in [-0.4, -0.2) is 42.5 Å². The van der Waals surface area contributed by atoms with Crippen molar-refractivity contribution in [3.05, 3.63) is 21.9 Å². The maximum Gasteiger partial charge on any atom is 0.361 e. The Labute approximate surface area is 117 Å². The van der Waals surface area contributed by atoms with E-state index >= 15 is 0 Å². The van der Waals surface area contributed by atoms with Gasteiger partial charge in [0, 0.05) is 14.7 Å². The van der Waals surface area contributed by atoms with Gasteiger partial charge < -0.3 is 19.6 Å². The van der Waals surface area contributed by atoms with Crippen LogP contribution >= 0.6 is 0 Å². The summed E-state index contributed by atoms with van der Waals surface area (Å²) in [6.45, 7) is 7.09. The summed E-state index contributed by atoms with van der Waals surface area (Å²) in [5.74, 6) is -1.20. The molecule has 0 unspecified atom stereocenters. The number of carbonyl (C=O) groups is 1. The van der Waals surface area contributed by atoms with Gasteiger partial charge in [0.05, 0.1) is 13.3 Å². The van der Waals surface area contributed by atoms with E-state index in [9.17, 15) is 14.9 Å². The number of esters is 1. The van der Waals surface area contributed by atoms with Gasteiger partial charge in [-0.05, 0) is 11.0 Å². The van der Waals surface area contributed by atoms with Crippen LogP contribution in [0.15, 0.2) is 6.20 Å². The Morgan fingerprint density at radius 3 is 2.65 bits per heavy atom. The van der Waals surface area contributed by atoms with Gasteiger partial charge in [-0.3, -0.25) is 0 Å². The largest absolute Gasteiger partial charge is 0.465 e. The van der Waals surface area contributed by atoms with Gasteiger partial charge in [-0.15, -0.1) is 4.68 Å². The van der Waals surface area contributed by atoms with Crippen LogP contribution in [0.2, 0.25) is 25.7 Å². The van der Waals surface area contributed by atoms with Crippen molar-refractivity contribution in [3.8, 4) is 0 Å². The van der Waals surface area contributed by atoms with E-state index in [-0.39, 0.29) is 12.3 Å². The third-order valence-electron chi connectivity index (χ3n) is 2.60. The SMILES string of the molecule is COC(=O)c1cnn(COCC[Si](C)(C)C)c1[N+](=O)[O-]. The minimum Gasteiger partial charge on any atom is -0.465 e. The molecule has 1 aromatic heterocycles. The molecule has 112 valence electrons. The fourth-order valence-corrected chi connectivity index (χ4v) is 2.21. The predicted octanol–water partition coefficient (Wildman–Crippen LogP) is 1.89. The highest BCUT2D eigenvalue weighted by molar-refractivity contribution is 6.76. The normalized spacial score (nSPS) is 11.4. The maximum absolute atomic E-state index is 11.4. The molecule has 1 aromatic rings. The smallest absolute Gasteiger partial charge is 0.361 e. The summed E-state index contributed by atoms with van der Waals surface area (Å²) in [5.41, 5.74) is -0.175. The lowest BCUT2D eigenvalue weighted by Gasteiger charge is -2.14. The van der Waals surface area contributed by atoms with Gasteiger partial charge in [0.2, 0.25) is 6.73 Å². The van der Waals surface area contributed by atoms with Gasteiger partial charge in [0.15, 0.2) is 5.56 Å². The molecule has 0 aromatic carbocycles. The topological polar surface area (TPSA) is 96.5 Å². The van der Waals surface area contributed by atoms with E-state index in [2.05, 4.69) is 29.5 Å². The standard InChI is InChI=1S/C11H19N3O5Si/c1-18-11(15)9-7-12-13(10(9)14(16)17)8-19-5-6-20(2,3)4/h7H,5-6,8H2,1-4H3. The van der Waals surface area contributed by atoms with Crippen molar-refractivity contribution in [2.75, 3.05) is 13.7 Å². The Morgan fingerprint density at radius 1 is 1.50 bits per heavy atom. The number of hydrogen-bond donors (Lipinski definition) is 0. The molecule has 20 heavy (non-hydrogen) atoms. The van der Waals surface area contributed by atoms with Gasteiger partial charge >= 0.3 is 11.8 Å². The van der Waals surface area contributed by atoms with E-state index in [1.165, 1.54) is 0 Å². The highest BCUT2D eigenvalue weighted by atomic mass is 28.3. The predicted molar refractivity (Wildman–Crippen MR) is 74.3 cm³/mol. The number of ether oxygens (including phenoxy) is 2.